The van der Waals surface area contributed by atoms with E-state index < -0.39 is 0 Å². The fourth-order valence-electron chi connectivity index (χ4n) is 1.67. The topological polar surface area (TPSA) is 69.4 Å². The van der Waals surface area contributed by atoms with Crippen LogP contribution in [-0.4, -0.2) is 30.4 Å². The molecular weight excluding hydrogens is 258 g/mol. The lowest BCUT2D eigenvalue weighted by Crippen LogP contribution is -2.22. The number of hydrogen-bond acceptors (Lipinski definition) is 6. The minimum atomic E-state index is 0.369. The predicted molar refractivity (Wildman–Crippen MR) is 74.8 cm³/mol. The van der Waals surface area contributed by atoms with E-state index >= 15 is 0 Å². The van der Waals surface area contributed by atoms with Gasteiger partial charge in [-0.25, -0.2) is 0 Å². The Labute approximate surface area is 118 Å². The van der Waals surface area contributed by atoms with Crippen LogP contribution in [0.4, 0.5) is 0 Å². The molecule has 0 bridgehead atoms. The molecule has 1 heterocycles. The van der Waals surface area contributed by atoms with Gasteiger partial charge in [0.2, 0.25) is 0 Å². The van der Waals surface area contributed by atoms with Crippen LogP contribution in [0.5, 0.6) is 11.5 Å². The zero-order valence-corrected chi connectivity index (χ0v) is 12.1. The molecule has 0 saturated carbocycles. The van der Waals surface area contributed by atoms with E-state index in [1.807, 2.05) is 12.1 Å². The molecule has 0 aliphatic rings. The zero-order chi connectivity index (χ0) is 14.5. The highest BCUT2D eigenvalue weighted by atomic mass is 16.5. The lowest BCUT2D eigenvalue weighted by molar-refractivity contribution is 0.392. The van der Waals surface area contributed by atoms with Crippen molar-refractivity contribution in [2.45, 2.75) is 26.4 Å². The van der Waals surface area contributed by atoms with E-state index in [2.05, 4.69) is 29.3 Å². The Morgan fingerprint density at radius 1 is 1.15 bits per heavy atom. The summed E-state index contributed by atoms with van der Waals surface area (Å²) in [6.45, 7) is 4.70. The molecule has 0 radical (unpaired) electrons. The Balaban J connectivity index is 2.22. The smallest absolute Gasteiger partial charge is 0.258 e. The monoisotopic (exact) mass is 277 g/mol. The van der Waals surface area contributed by atoms with Gasteiger partial charge in [0.05, 0.1) is 20.8 Å². The summed E-state index contributed by atoms with van der Waals surface area (Å²) in [6, 6.07) is 5.82. The van der Waals surface area contributed by atoms with Crippen LogP contribution in [0.2, 0.25) is 0 Å². The Kier molecular flexibility index (Phi) is 4.57. The third-order valence-electron chi connectivity index (χ3n) is 2.73. The first-order chi connectivity index (χ1) is 9.62. The quantitative estimate of drug-likeness (QED) is 0.873. The molecule has 0 saturated heterocycles. The van der Waals surface area contributed by atoms with Crippen LogP contribution in [-0.2, 0) is 6.54 Å². The van der Waals surface area contributed by atoms with Gasteiger partial charge in [-0.1, -0.05) is 19.0 Å². The number of benzene rings is 1. The second-order valence-electron chi connectivity index (χ2n) is 4.65. The number of ether oxygens (including phenoxy) is 2. The third-order valence-corrected chi connectivity index (χ3v) is 2.73. The van der Waals surface area contributed by atoms with Crippen molar-refractivity contribution >= 4 is 0 Å². The van der Waals surface area contributed by atoms with Crippen molar-refractivity contribution in [3.05, 3.63) is 24.0 Å². The highest BCUT2D eigenvalue weighted by molar-refractivity contribution is 5.59. The number of nitrogens with one attached hydrogen (secondary N) is 1. The van der Waals surface area contributed by atoms with Crippen LogP contribution < -0.4 is 14.8 Å². The molecule has 20 heavy (non-hydrogen) atoms. The summed E-state index contributed by atoms with van der Waals surface area (Å²) in [7, 11) is 3.20. The lowest BCUT2D eigenvalue weighted by Gasteiger charge is -2.05. The van der Waals surface area contributed by atoms with Crippen molar-refractivity contribution in [2.24, 2.45) is 0 Å². The number of rotatable bonds is 6. The molecule has 6 nitrogen and oxygen atoms in total. The van der Waals surface area contributed by atoms with Gasteiger partial charge >= 0.3 is 0 Å². The Bertz CT molecular complexity index is 544. The molecule has 108 valence electrons. The Hall–Kier alpha value is -2.08. The van der Waals surface area contributed by atoms with E-state index in [9.17, 15) is 0 Å². The van der Waals surface area contributed by atoms with E-state index in [4.69, 9.17) is 14.0 Å². The van der Waals surface area contributed by atoms with Gasteiger partial charge in [-0.15, -0.1) is 0 Å². The second kappa shape index (κ2) is 6.38. The summed E-state index contributed by atoms with van der Waals surface area (Å²) >= 11 is 0. The van der Waals surface area contributed by atoms with Crippen LogP contribution in [0.3, 0.4) is 0 Å². The van der Waals surface area contributed by atoms with E-state index in [0.29, 0.717) is 35.8 Å². The van der Waals surface area contributed by atoms with Crippen LogP contribution in [0.25, 0.3) is 11.5 Å². The molecule has 0 atom stereocenters. The number of hydrogen-bond donors (Lipinski definition) is 1. The molecule has 0 aliphatic carbocycles. The third kappa shape index (κ3) is 3.48. The maximum Gasteiger partial charge on any atom is 0.258 e. The molecular formula is C14H19N3O3. The summed E-state index contributed by atoms with van der Waals surface area (Å²) in [5.41, 5.74) is 0.768. The van der Waals surface area contributed by atoms with E-state index in [1.54, 1.807) is 20.3 Å². The summed E-state index contributed by atoms with van der Waals surface area (Å²) < 4.78 is 15.7. The van der Waals surface area contributed by atoms with Gasteiger partial charge in [0.25, 0.3) is 5.89 Å². The van der Waals surface area contributed by atoms with E-state index in [1.165, 1.54) is 0 Å². The lowest BCUT2D eigenvalue weighted by atomic mass is 10.2. The molecule has 0 unspecified atom stereocenters. The molecule has 0 amide bonds. The number of aromatic nitrogens is 2. The van der Waals surface area contributed by atoms with Gasteiger partial charge < -0.3 is 19.3 Å². The molecule has 0 fully saturated rings. The van der Waals surface area contributed by atoms with Gasteiger partial charge in [0.15, 0.2) is 5.82 Å². The van der Waals surface area contributed by atoms with Gasteiger partial charge in [-0.2, -0.15) is 4.98 Å². The van der Waals surface area contributed by atoms with Crippen molar-refractivity contribution in [3.8, 4) is 23.0 Å². The fourth-order valence-corrected chi connectivity index (χ4v) is 1.67. The molecule has 0 aliphatic heterocycles. The Morgan fingerprint density at radius 3 is 2.35 bits per heavy atom. The van der Waals surface area contributed by atoms with Crippen LogP contribution in [0.1, 0.15) is 19.7 Å². The maximum atomic E-state index is 5.27. The summed E-state index contributed by atoms with van der Waals surface area (Å²) in [6.07, 6.45) is 0. The summed E-state index contributed by atoms with van der Waals surface area (Å²) in [5, 5.41) is 7.18. The number of methoxy groups -OCH3 is 2. The van der Waals surface area contributed by atoms with Crippen LogP contribution in [0.15, 0.2) is 22.7 Å². The van der Waals surface area contributed by atoms with Crippen LogP contribution >= 0.6 is 0 Å². The fraction of sp³-hybridized carbons (Fsp3) is 0.429. The average Bonchev–Trinajstić information content (AvgIpc) is 2.93. The van der Waals surface area contributed by atoms with Crippen molar-refractivity contribution in [3.63, 3.8) is 0 Å². The molecule has 0 spiro atoms. The highest BCUT2D eigenvalue weighted by Crippen LogP contribution is 2.28. The van der Waals surface area contributed by atoms with E-state index in [-0.39, 0.29) is 0 Å². The average molecular weight is 277 g/mol. The molecule has 1 aromatic carbocycles. The maximum absolute atomic E-state index is 5.27. The molecule has 2 rings (SSSR count). The van der Waals surface area contributed by atoms with Gasteiger partial charge in [-0.05, 0) is 12.1 Å². The standard InChI is InChI=1S/C14H19N3O3/c1-9(2)15-8-13-16-14(20-17-13)10-5-11(18-3)7-12(6-10)19-4/h5-7,9,15H,8H2,1-4H3. The van der Waals surface area contributed by atoms with Crippen molar-refractivity contribution in [1.29, 1.82) is 0 Å². The van der Waals surface area contributed by atoms with Crippen molar-refractivity contribution in [1.82, 2.24) is 15.5 Å². The van der Waals surface area contributed by atoms with E-state index in [0.717, 1.165) is 5.56 Å². The molecule has 1 N–H and O–H groups in total. The summed E-state index contributed by atoms with van der Waals surface area (Å²) in [5.74, 6) is 2.43. The van der Waals surface area contributed by atoms with Crippen molar-refractivity contribution < 1.29 is 14.0 Å². The first-order valence-corrected chi connectivity index (χ1v) is 6.41. The predicted octanol–water partition coefficient (Wildman–Crippen LogP) is 2.25. The first kappa shape index (κ1) is 14.3. The molecule has 6 heteroatoms. The molecule has 2 aromatic rings. The summed E-state index contributed by atoms with van der Waals surface area (Å²) in [4.78, 5) is 4.35. The first-order valence-electron chi connectivity index (χ1n) is 6.41. The zero-order valence-electron chi connectivity index (χ0n) is 12.1. The highest BCUT2D eigenvalue weighted by Gasteiger charge is 2.12. The van der Waals surface area contributed by atoms with Crippen LogP contribution in [0, 0.1) is 0 Å². The number of nitrogens with zero attached hydrogens (tertiary/aromatic N) is 2. The molecule has 1 aromatic heterocycles. The largest absolute Gasteiger partial charge is 0.497 e. The van der Waals surface area contributed by atoms with Crippen molar-refractivity contribution in [2.75, 3.05) is 14.2 Å². The minimum absolute atomic E-state index is 0.369. The minimum Gasteiger partial charge on any atom is -0.497 e. The van der Waals surface area contributed by atoms with Gasteiger partial charge in [0, 0.05) is 17.7 Å². The second-order valence-corrected chi connectivity index (χ2v) is 4.65. The van der Waals surface area contributed by atoms with Gasteiger partial charge in [0.1, 0.15) is 11.5 Å². The SMILES string of the molecule is COc1cc(OC)cc(-c2nc(CNC(C)C)no2)c1. The normalized spacial score (nSPS) is 10.8. The van der Waals surface area contributed by atoms with Gasteiger partial charge in [-0.3, -0.25) is 0 Å². The Morgan fingerprint density at radius 2 is 1.80 bits per heavy atom.